The number of aromatic nitrogens is 3. The third-order valence-electron chi connectivity index (χ3n) is 6.81. The first-order valence-electron chi connectivity index (χ1n) is 11.3. The molecule has 2 aromatic rings. The van der Waals surface area contributed by atoms with Crippen LogP contribution in [0.15, 0.2) is 24.3 Å². The first-order chi connectivity index (χ1) is 14.1. The fourth-order valence-electron chi connectivity index (χ4n) is 4.72. The maximum atomic E-state index is 6.04. The molecular formula is C23H35N4OS+. The first-order valence-corrected chi connectivity index (χ1v) is 11.7. The normalized spacial score (nSPS) is 23.2. The molecule has 2 aliphatic rings. The van der Waals surface area contributed by atoms with E-state index >= 15 is 0 Å². The Morgan fingerprint density at radius 3 is 2.45 bits per heavy atom. The molecule has 1 aromatic heterocycles. The highest BCUT2D eigenvalue weighted by Crippen LogP contribution is 2.33. The molecule has 1 aliphatic carbocycles. The summed E-state index contributed by atoms with van der Waals surface area (Å²) < 4.78 is 10.8. The van der Waals surface area contributed by atoms with E-state index in [9.17, 15) is 0 Å². The Morgan fingerprint density at radius 2 is 1.76 bits per heavy atom. The van der Waals surface area contributed by atoms with Crippen LogP contribution in [0.25, 0.3) is 0 Å². The van der Waals surface area contributed by atoms with Crippen LogP contribution in [-0.2, 0) is 20.3 Å². The molecule has 0 amide bonds. The molecule has 1 aromatic carbocycles. The van der Waals surface area contributed by atoms with Crippen LogP contribution in [0.5, 0.6) is 5.75 Å². The number of quaternary nitrogens is 1. The molecule has 1 saturated carbocycles. The van der Waals surface area contributed by atoms with Gasteiger partial charge in [0.05, 0.1) is 13.1 Å². The highest BCUT2D eigenvalue weighted by molar-refractivity contribution is 7.71. The molecule has 0 atom stereocenters. The van der Waals surface area contributed by atoms with E-state index in [1.807, 2.05) is 16.3 Å². The van der Waals surface area contributed by atoms with E-state index in [2.05, 4.69) is 31.2 Å². The molecule has 2 fully saturated rings. The number of nitrogens with one attached hydrogen (secondary N) is 1. The second-order valence-corrected chi connectivity index (χ2v) is 9.41. The minimum Gasteiger partial charge on any atom is -0.486 e. The number of nitrogens with zero attached hydrogens (tertiary/aromatic N) is 3. The standard InChI is InChI=1S/C23H34N4OS/c1-18-12-14-26(15-13-18)17-27-23(29)25(2)22(24-27)16-28-21-10-8-20(9-11-21)19-6-4-3-5-7-19/h8-11,18-19H,3-7,12-17H2,1-2H3/p+1. The van der Waals surface area contributed by atoms with Gasteiger partial charge in [-0.25, -0.2) is 0 Å². The van der Waals surface area contributed by atoms with Crippen molar-refractivity contribution in [3.05, 3.63) is 40.4 Å². The summed E-state index contributed by atoms with van der Waals surface area (Å²) in [6.45, 7) is 6.06. The van der Waals surface area contributed by atoms with Gasteiger partial charge in [-0.05, 0) is 67.4 Å². The Hall–Kier alpha value is -1.66. The molecule has 5 nitrogen and oxygen atoms in total. The Bertz CT molecular complexity index is 843. The van der Waals surface area contributed by atoms with Gasteiger partial charge in [0.2, 0.25) is 4.77 Å². The lowest BCUT2D eigenvalue weighted by atomic mass is 9.84. The molecule has 0 bridgehead atoms. The van der Waals surface area contributed by atoms with Gasteiger partial charge in [0.25, 0.3) is 0 Å². The van der Waals surface area contributed by atoms with E-state index in [0.717, 1.165) is 34.8 Å². The van der Waals surface area contributed by atoms with Gasteiger partial charge < -0.3 is 14.2 Å². The summed E-state index contributed by atoms with van der Waals surface area (Å²) >= 11 is 5.62. The fraction of sp³-hybridized carbons (Fsp3) is 0.652. The number of likely N-dealkylation sites (tertiary alicyclic amines) is 1. The lowest BCUT2D eigenvalue weighted by Gasteiger charge is -2.26. The van der Waals surface area contributed by atoms with Gasteiger partial charge in [-0.2, -0.15) is 4.68 Å². The topological polar surface area (TPSA) is 36.4 Å². The van der Waals surface area contributed by atoms with Crippen LogP contribution in [0, 0.1) is 10.7 Å². The third-order valence-corrected chi connectivity index (χ3v) is 7.30. The van der Waals surface area contributed by atoms with Crippen LogP contribution >= 0.6 is 12.2 Å². The maximum Gasteiger partial charge on any atom is 0.202 e. The molecule has 0 radical (unpaired) electrons. The Kier molecular flexibility index (Phi) is 6.70. The van der Waals surface area contributed by atoms with E-state index in [1.165, 1.54) is 63.6 Å². The van der Waals surface area contributed by atoms with Crippen LogP contribution in [0.4, 0.5) is 0 Å². The Morgan fingerprint density at radius 1 is 1.07 bits per heavy atom. The van der Waals surface area contributed by atoms with Gasteiger partial charge in [0.1, 0.15) is 12.4 Å². The summed E-state index contributed by atoms with van der Waals surface area (Å²) in [5.41, 5.74) is 1.46. The van der Waals surface area contributed by atoms with Crippen molar-refractivity contribution in [3.63, 3.8) is 0 Å². The lowest BCUT2D eigenvalue weighted by Crippen LogP contribution is -3.12. The number of benzene rings is 1. The van der Waals surface area contributed by atoms with Crippen LogP contribution < -0.4 is 9.64 Å². The molecule has 1 saturated heterocycles. The molecule has 0 spiro atoms. The van der Waals surface area contributed by atoms with Crippen LogP contribution in [0.2, 0.25) is 0 Å². The van der Waals surface area contributed by atoms with Gasteiger partial charge in [0, 0.05) is 7.05 Å². The van der Waals surface area contributed by atoms with E-state index < -0.39 is 0 Å². The number of hydrogen-bond acceptors (Lipinski definition) is 3. The molecule has 0 unspecified atom stereocenters. The Balaban J connectivity index is 1.35. The number of rotatable bonds is 6. The minimum absolute atomic E-state index is 0.447. The highest BCUT2D eigenvalue weighted by Gasteiger charge is 2.21. The quantitative estimate of drug-likeness (QED) is 0.728. The van der Waals surface area contributed by atoms with Crippen molar-refractivity contribution in [1.82, 2.24) is 14.3 Å². The van der Waals surface area contributed by atoms with Crippen LogP contribution in [0.1, 0.15) is 69.2 Å². The summed E-state index contributed by atoms with van der Waals surface area (Å²) in [5.74, 6) is 3.37. The zero-order valence-corrected chi connectivity index (χ0v) is 18.7. The molecule has 2 heterocycles. The molecule has 6 heteroatoms. The molecular weight excluding hydrogens is 380 g/mol. The van der Waals surface area contributed by atoms with Crippen molar-refractivity contribution in [3.8, 4) is 5.75 Å². The predicted molar refractivity (Wildman–Crippen MR) is 118 cm³/mol. The van der Waals surface area contributed by atoms with Crippen molar-refractivity contribution in [1.29, 1.82) is 0 Å². The van der Waals surface area contributed by atoms with Gasteiger partial charge in [0.15, 0.2) is 12.5 Å². The summed E-state index contributed by atoms with van der Waals surface area (Å²) in [4.78, 5) is 1.57. The van der Waals surface area contributed by atoms with Crippen molar-refractivity contribution in [2.24, 2.45) is 13.0 Å². The van der Waals surface area contributed by atoms with E-state index in [4.69, 9.17) is 22.1 Å². The van der Waals surface area contributed by atoms with Crippen LogP contribution in [0.3, 0.4) is 0 Å². The average Bonchev–Trinajstić information content (AvgIpc) is 3.03. The molecule has 1 N–H and O–H groups in total. The summed E-state index contributed by atoms with van der Waals surface area (Å²) in [6, 6.07) is 8.69. The third kappa shape index (κ3) is 5.10. The summed E-state index contributed by atoms with van der Waals surface area (Å²) in [7, 11) is 1.99. The van der Waals surface area contributed by atoms with Gasteiger partial charge in [-0.3, -0.25) is 0 Å². The second kappa shape index (κ2) is 9.43. The smallest absolute Gasteiger partial charge is 0.202 e. The summed E-state index contributed by atoms with van der Waals surface area (Å²) in [6.07, 6.45) is 9.36. The minimum atomic E-state index is 0.447. The van der Waals surface area contributed by atoms with Gasteiger partial charge in [-0.15, -0.1) is 5.10 Å². The highest BCUT2D eigenvalue weighted by atomic mass is 32.1. The number of ether oxygens (including phenoxy) is 1. The molecule has 1 aliphatic heterocycles. The van der Waals surface area contributed by atoms with Crippen molar-refractivity contribution >= 4 is 12.2 Å². The van der Waals surface area contributed by atoms with Gasteiger partial charge >= 0.3 is 0 Å². The van der Waals surface area contributed by atoms with E-state index in [1.54, 1.807) is 4.90 Å². The van der Waals surface area contributed by atoms with E-state index in [-0.39, 0.29) is 0 Å². The SMILES string of the molecule is CC1CC[NH+](Cn2nc(COc3ccc(C4CCCCC4)cc3)n(C)c2=S)CC1. The molecule has 158 valence electrons. The molecule has 4 rings (SSSR count). The predicted octanol–water partition coefficient (Wildman–Crippen LogP) is 3.85. The maximum absolute atomic E-state index is 6.04. The number of hydrogen-bond donors (Lipinski definition) is 1. The number of piperidine rings is 1. The van der Waals surface area contributed by atoms with Crippen molar-refractivity contribution in [2.75, 3.05) is 13.1 Å². The van der Waals surface area contributed by atoms with Crippen molar-refractivity contribution < 1.29 is 9.64 Å². The molecule has 29 heavy (non-hydrogen) atoms. The largest absolute Gasteiger partial charge is 0.486 e. The van der Waals surface area contributed by atoms with Crippen LogP contribution in [-0.4, -0.2) is 27.4 Å². The Labute approximate surface area is 179 Å². The van der Waals surface area contributed by atoms with Crippen molar-refractivity contribution in [2.45, 2.75) is 71.1 Å². The summed E-state index contributed by atoms with van der Waals surface area (Å²) in [5, 5.41) is 4.76. The zero-order valence-electron chi connectivity index (χ0n) is 17.9. The monoisotopic (exact) mass is 415 g/mol. The van der Waals surface area contributed by atoms with E-state index in [0.29, 0.717) is 6.61 Å². The fourth-order valence-corrected chi connectivity index (χ4v) is 4.93. The van der Waals surface area contributed by atoms with Gasteiger partial charge in [-0.1, -0.05) is 38.3 Å². The second-order valence-electron chi connectivity index (χ2n) is 9.04. The lowest BCUT2D eigenvalue weighted by molar-refractivity contribution is -0.929. The average molecular weight is 416 g/mol. The zero-order chi connectivity index (χ0) is 20.2. The first kappa shape index (κ1) is 20.6.